The van der Waals surface area contributed by atoms with Crippen LogP contribution in [0.25, 0.3) is 77.2 Å². The zero-order valence-corrected chi connectivity index (χ0v) is 41.2. The summed E-state index contributed by atoms with van der Waals surface area (Å²) in [5.74, 6) is 1.73. The van der Waals surface area contributed by atoms with E-state index in [2.05, 4.69) is 291 Å². The van der Waals surface area contributed by atoms with Crippen LogP contribution >= 0.6 is 0 Å². The third-order valence-electron chi connectivity index (χ3n) is 15.5. The van der Waals surface area contributed by atoms with Gasteiger partial charge in [-0.1, -0.05) is 196 Å². The van der Waals surface area contributed by atoms with Gasteiger partial charge < -0.3 is 14.5 Å². The summed E-state index contributed by atoms with van der Waals surface area (Å²) >= 11 is 0. The lowest BCUT2D eigenvalue weighted by Gasteiger charge is -2.36. The average Bonchev–Trinajstić information content (AvgIpc) is 3.46. The Morgan fingerprint density at radius 1 is 0.270 bits per heavy atom. The number of nitrogens with zero attached hydrogens (tertiary/aromatic N) is 2. The Hall–Kier alpha value is -9.44. The van der Waals surface area contributed by atoms with E-state index in [9.17, 15) is 0 Å². The van der Waals surface area contributed by atoms with Crippen molar-refractivity contribution in [3.8, 4) is 67.1 Å². The second-order valence-corrected chi connectivity index (χ2v) is 20.1. The normalized spacial score (nSPS) is 12.7. The monoisotopic (exact) mass is 946 g/mol. The van der Waals surface area contributed by atoms with E-state index in [1.54, 1.807) is 0 Å². The molecule has 0 fully saturated rings. The number of benzene rings is 12. The Bertz CT molecular complexity index is 4080. The molecule has 3 nitrogen and oxygen atoms in total. The molecule has 0 N–H and O–H groups in total. The molecule has 3 heteroatoms. The van der Waals surface area contributed by atoms with Gasteiger partial charge in [0.05, 0.1) is 0 Å². The molecule has 74 heavy (non-hydrogen) atoms. The van der Waals surface area contributed by atoms with Gasteiger partial charge in [0, 0.05) is 56.6 Å². The van der Waals surface area contributed by atoms with Crippen molar-refractivity contribution in [3.05, 3.63) is 278 Å². The molecular weight excluding hydrogens is 897 g/mol. The van der Waals surface area contributed by atoms with Crippen molar-refractivity contribution in [2.45, 2.75) is 19.3 Å². The smallest absolute Gasteiger partial charge is 0.137 e. The van der Waals surface area contributed by atoms with E-state index in [4.69, 9.17) is 4.74 Å². The third-order valence-corrected chi connectivity index (χ3v) is 15.5. The molecule has 0 aromatic heterocycles. The van der Waals surface area contributed by atoms with Crippen LogP contribution in [0.4, 0.5) is 34.1 Å². The van der Waals surface area contributed by atoms with Crippen molar-refractivity contribution in [1.29, 1.82) is 0 Å². The van der Waals surface area contributed by atoms with Crippen LogP contribution in [0.1, 0.15) is 25.0 Å². The molecular formula is C71H50N2O. The minimum absolute atomic E-state index is 0.200. The average molecular weight is 947 g/mol. The van der Waals surface area contributed by atoms with E-state index in [1.807, 2.05) is 0 Å². The fourth-order valence-electron chi connectivity index (χ4n) is 11.7. The quantitative estimate of drug-likeness (QED) is 0.143. The van der Waals surface area contributed by atoms with Crippen LogP contribution < -0.4 is 14.5 Å². The first-order valence-electron chi connectivity index (χ1n) is 25.6. The summed E-state index contributed by atoms with van der Waals surface area (Å²) in [6.45, 7) is 4.75. The van der Waals surface area contributed by atoms with Gasteiger partial charge in [-0.05, 0) is 156 Å². The Labute approximate surface area is 432 Å². The number of ether oxygens (including phenoxy) is 1. The first kappa shape index (κ1) is 43.4. The molecule has 0 spiro atoms. The maximum Gasteiger partial charge on any atom is 0.137 e. The van der Waals surface area contributed by atoms with Gasteiger partial charge >= 0.3 is 0 Å². The van der Waals surface area contributed by atoms with Crippen molar-refractivity contribution in [1.82, 2.24) is 0 Å². The molecule has 350 valence electrons. The zero-order valence-electron chi connectivity index (χ0n) is 41.2. The van der Waals surface area contributed by atoms with E-state index >= 15 is 0 Å². The summed E-state index contributed by atoms with van der Waals surface area (Å²) < 4.78 is 6.70. The Balaban J connectivity index is 0.826. The predicted octanol–water partition coefficient (Wildman–Crippen LogP) is 20.0. The molecule has 0 unspecified atom stereocenters. The van der Waals surface area contributed by atoms with Gasteiger partial charge in [-0.3, -0.25) is 0 Å². The Kier molecular flexibility index (Phi) is 10.2. The first-order valence-corrected chi connectivity index (χ1v) is 25.6. The number of anilines is 6. The highest BCUT2D eigenvalue weighted by Gasteiger charge is 2.34. The Morgan fingerprint density at radius 2 is 0.662 bits per heavy atom. The van der Waals surface area contributed by atoms with Gasteiger partial charge in [-0.2, -0.15) is 0 Å². The molecule has 0 bridgehead atoms. The fourth-order valence-corrected chi connectivity index (χ4v) is 11.7. The van der Waals surface area contributed by atoms with Gasteiger partial charge in [0.2, 0.25) is 0 Å². The molecule has 12 aromatic carbocycles. The topological polar surface area (TPSA) is 15.7 Å². The van der Waals surface area contributed by atoms with Crippen LogP contribution in [0, 0.1) is 0 Å². The van der Waals surface area contributed by atoms with Crippen molar-refractivity contribution in [2.24, 2.45) is 0 Å². The van der Waals surface area contributed by atoms with E-state index in [0.29, 0.717) is 0 Å². The van der Waals surface area contributed by atoms with E-state index in [0.717, 1.165) is 67.7 Å². The van der Waals surface area contributed by atoms with E-state index < -0.39 is 0 Å². The summed E-state index contributed by atoms with van der Waals surface area (Å²) in [7, 11) is 0. The molecule has 12 aromatic rings. The van der Waals surface area contributed by atoms with Crippen molar-refractivity contribution in [2.75, 3.05) is 9.80 Å². The second kappa shape index (κ2) is 17.4. The summed E-state index contributed by atoms with van der Waals surface area (Å²) in [5, 5.41) is 4.99. The van der Waals surface area contributed by atoms with Gasteiger partial charge in [0.1, 0.15) is 11.5 Å². The summed E-state index contributed by atoms with van der Waals surface area (Å²) in [4.78, 5) is 4.73. The van der Waals surface area contributed by atoms with Gasteiger partial charge in [-0.15, -0.1) is 0 Å². The largest absolute Gasteiger partial charge is 0.456 e. The SMILES string of the molecule is CC1(C)c2cc(N(c3ccc(-c4ccccc4)cc3)c3ccc(-c4ccc(N(c5ccc(-c6ccccc6)cc5)c5ccc6c(c5)Oc5cccc7cccc-6c57)cc4)cc3)ccc2-c2cccc3cccc1c23. The minimum atomic E-state index is -0.200. The summed E-state index contributed by atoms with van der Waals surface area (Å²) in [6, 6.07) is 97.0. The first-order chi connectivity index (χ1) is 36.4. The molecule has 1 heterocycles. The lowest BCUT2D eigenvalue weighted by atomic mass is 9.68. The Morgan fingerprint density at radius 3 is 1.16 bits per heavy atom. The standard InChI is InChI=1S/C71H50N2O/c1-71(2)65-23-11-19-53-17-9-21-63(69(53)65)61-43-41-59(45-66(61)71)72(55-33-25-49(26-34-55)47-13-5-3-6-14-47)56-37-29-51(30-38-56)52-31-39-58(40-32-52)73(57-35-27-50(28-36-57)48-15-7-4-8-16-48)60-42-44-62-64-22-10-18-54-20-12-24-67(70(54)64)74-68(62)46-60/h3-46H,1-2H3. The maximum atomic E-state index is 6.70. The van der Waals surface area contributed by atoms with Crippen molar-refractivity contribution >= 4 is 55.7 Å². The zero-order chi connectivity index (χ0) is 49.3. The lowest BCUT2D eigenvalue weighted by Crippen LogP contribution is -2.24. The second-order valence-electron chi connectivity index (χ2n) is 20.1. The van der Waals surface area contributed by atoms with Crippen LogP contribution in [0.2, 0.25) is 0 Å². The van der Waals surface area contributed by atoms with Gasteiger partial charge in [0.25, 0.3) is 0 Å². The maximum absolute atomic E-state index is 6.70. The van der Waals surface area contributed by atoms with Crippen LogP contribution in [-0.2, 0) is 5.41 Å². The molecule has 1 aliphatic heterocycles. The summed E-state index contributed by atoms with van der Waals surface area (Å²) in [6.07, 6.45) is 0. The number of hydrogen-bond acceptors (Lipinski definition) is 3. The lowest BCUT2D eigenvalue weighted by molar-refractivity contribution is 0.487. The molecule has 0 radical (unpaired) electrons. The van der Waals surface area contributed by atoms with Crippen molar-refractivity contribution in [3.63, 3.8) is 0 Å². The van der Waals surface area contributed by atoms with E-state index in [-0.39, 0.29) is 5.41 Å². The van der Waals surface area contributed by atoms with Crippen LogP contribution in [0.15, 0.2) is 267 Å². The van der Waals surface area contributed by atoms with Crippen LogP contribution in [-0.4, -0.2) is 0 Å². The number of rotatable bonds is 9. The van der Waals surface area contributed by atoms with Crippen LogP contribution in [0.3, 0.4) is 0 Å². The number of fused-ring (bicyclic) bond motifs is 4. The summed E-state index contributed by atoms with van der Waals surface area (Å²) in [5.41, 5.74) is 20.9. The highest BCUT2D eigenvalue weighted by molar-refractivity contribution is 6.05. The van der Waals surface area contributed by atoms with E-state index in [1.165, 1.54) is 66.2 Å². The van der Waals surface area contributed by atoms with Crippen LogP contribution in [0.5, 0.6) is 11.5 Å². The molecule has 0 atom stereocenters. The van der Waals surface area contributed by atoms with Crippen molar-refractivity contribution < 1.29 is 4.74 Å². The number of hydrogen-bond donors (Lipinski definition) is 0. The minimum Gasteiger partial charge on any atom is -0.456 e. The molecule has 2 aliphatic rings. The fraction of sp³-hybridized carbons (Fsp3) is 0.0423. The third kappa shape index (κ3) is 7.27. The molecule has 0 saturated carbocycles. The predicted molar refractivity (Wildman–Crippen MR) is 310 cm³/mol. The highest BCUT2D eigenvalue weighted by atomic mass is 16.5. The molecule has 0 amide bonds. The van der Waals surface area contributed by atoms with Gasteiger partial charge in [-0.25, -0.2) is 0 Å². The molecule has 1 aliphatic carbocycles. The highest BCUT2D eigenvalue weighted by Crippen LogP contribution is 2.52. The molecule has 14 rings (SSSR count). The van der Waals surface area contributed by atoms with Gasteiger partial charge in [0.15, 0.2) is 0 Å². The molecule has 0 saturated heterocycles.